The second-order valence-electron chi connectivity index (χ2n) is 4.08. The Morgan fingerprint density at radius 2 is 2.39 bits per heavy atom. The number of nitrogens with one attached hydrogen (secondary N) is 1. The molecule has 98 valence electrons. The molecule has 2 aromatic rings. The van der Waals surface area contributed by atoms with Gasteiger partial charge in [0.25, 0.3) is 0 Å². The van der Waals surface area contributed by atoms with Gasteiger partial charge in [0.05, 0.1) is 25.3 Å². The maximum atomic E-state index is 6.26. The molecule has 0 spiro atoms. The maximum Gasteiger partial charge on any atom is 0.0847 e. The Balaban J connectivity index is 2.25. The van der Waals surface area contributed by atoms with Gasteiger partial charge in [0, 0.05) is 13.5 Å². The molecule has 0 fully saturated rings. The quantitative estimate of drug-likeness (QED) is 0.475. The summed E-state index contributed by atoms with van der Waals surface area (Å²) in [5.74, 6) is 5.65. The van der Waals surface area contributed by atoms with Crippen LogP contribution < -0.4 is 11.3 Å². The largest absolute Gasteiger partial charge is 0.271 e. The normalized spacial score (nSPS) is 12.9. The molecule has 7 heteroatoms. The zero-order valence-corrected chi connectivity index (χ0v) is 13.8. The number of aromatic nitrogens is 2. The van der Waals surface area contributed by atoms with E-state index in [-0.39, 0.29) is 6.04 Å². The SMILES string of the molecule is Cc1nn(C)c(CC(NN)c2csc(I)c2)c1Cl. The minimum atomic E-state index is 0.0528. The van der Waals surface area contributed by atoms with Crippen molar-refractivity contribution >= 4 is 45.5 Å². The lowest BCUT2D eigenvalue weighted by Crippen LogP contribution is -2.29. The Hall–Kier alpha value is -0.150. The molecule has 2 aromatic heterocycles. The van der Waals surface area contributed by atoms with Gasteiger partial charge >= 0.3 is 0 Å². The van der Waals surface area contributed by atoms with Gasteiger partial charge in [0.2, 0.25) is 0 Å². The lowest BCUT2D eigenvalue weighted by atomic mass is 10.1. The fraction of sp³-hybridized carbons (Fsp3) is 0.364. The summed E-state index contributed by atoms with van der Waals surface area (Å²) in [6, 6.07) is 2.18. The van der Waals surface area contributed by atoms with Crippen LogP contribution in [0.2, 0.25) is 5.02 Å². The minimum absolute atomic E-state index is 0.0528. The number of rotatable bonds is 4. The number of aryl methyl sites for hydroxylation is 2. The first-order valence-electron chi connectivity index (χ1n) is 5.41. The number of hydrazine groups is 1. The van der Waals surface area contributed by atoms with Gasteiger partial charge in [-0.1, -0.05) is 11.6 Å². The monoisotopic (exact) mass is 396 g/mol. The van der Waals surface area contributed by atoms with E-state index in [1.807, 2.05) is 18.7 Å². The van der Waals surface area contributed by atoms with Crippen LogP contribution in [0.4, 0.5) is 0 Å². The van der Waals surface area contributed by atoms with E-state index in [1.54, 1.807) is 11.3 Å². The zero-order chi connectivity index (χ0) is 13.3. The van der Waals surface area contributed by atoms with Crippen molar-refractivity contribution in [1.29, 1.82) is 0 Å². The molecule has 2 rings (SSSR count). The molecule has 4 nitrogen and oxygen atoms in total. The molecule has 0 aromatic carbocycles. The highest BCUT2D eigenvalue weighted by atomic mass is 127. The molecule has 0 aliphatic carbocycles. The van der Waals surface area contributed by atoms with Gasteiger partial charge in [0.1, 0.15) is 0 Å². The fourth-order valence-corrected chi connectivity index (χ4v) is 3.54. The molecule has 18 heavy (non-hydrogen) atoms. The van der Waals surface area contributed by atoms with E-state index in [0.29, 0.717) is 0 Å². The van der Waals surface area contributed by atoms with Crippen LogP contribution in [-0.4, -0.2) is 9.78 Å². The third-order valence-corrected chi connectivity index (χ3v) is 5.15. The van der Waals surface area contributed by atoms with Gasteiger partial charge in [-0.25, -0.2) is 0 Å². The van der Waals surface area contributed by atoms with Gasteiger partial charge < -0.3 is 0 Å². The molecule has 1 atom stereocenters. The van der Waals surface area contributed by atoms with Crippen molar-refractivity contribution in [3.8, 4) is 0 Å². The lowest BCUT2D eigenvalue weighted by molar-refractivity contribution is 0.531. The summed E-state index contributed by atoms with van der Waals surface area (Å²) in [7, 11) is 1.90. The summed E-state index contributed by atoms with van der Waals surface area (Å²) in [6.07, 6.45) is 0.722. The van der Waals surface area contributed by atoms with Crippen LogP contribution in [0.15, 0.2) is 11.4 Å². The average molecular weight is 397 g/mol. The third kappa shape index (κ3) is 2.88. The van der Waals surface area contributed by atoms with Crippen LogP contribution in [0.5, 0.6) is 0 Å². The molecule has 1 unspecified atom stereocenters. The zero-order valence-electron chi connectivity index (χ0n) is 10.1. The number of nitrogens with zero attached hydrogens (tertiary/aromatic N) is 2. The van der Waals surface area contributed by atoms with Crippen LogP contribution in [0.3, 0.4) is 0 Å². The van der Waals surface area contributed by atoms with E-state index in [0.717, 1.165) is 22.8 Å². The van der Waals surface area contributed by atoms with Crippen molar-refractivity contribution in [3.05, 3.63) is 36.3 Å². The number of hydrogen-bond donors (Lipinski definition) is 2. The summed E-state index contributed by atoms with van der Waals surface area (Å²) in [5.41, 5.74) is 5.88. The van der Waals surface area contributed by atoms with E-state index in [1.165, 1.54) is 8.45 Å². The van der Waals surface area contributed by atoms with Gasteiger partial charge in [-0.15, -0.1) is 11.3 Å². The summed E-state index contributed by atoms with van der Waals surface area (Å²) < 4.78 is 3.06. The fourth-order valence-electron chi connectivity index (χ4n) is 1.87. The van der Waals surface area contributed by atoms with Crippen LogP contribution >= 0.6 is 45.5 Å². The number of hydrogen-bond acceptors (Lipinski definition) is 4. The first-order valence-corrected chi connectivity index (χ1v) is 7.74. The second kappa shape index (κ2) is 5.87. The van der Waals surface area contributed by atoms with E-state index in [9.17, 15) is 0 Å². The molecule has 0 saturated carbocycles. The maximum absolute atomic E-state index is 6.26. The predicted octanol–water partition coefficient (Wildman–Crippen LogP) is 2.80. The van der Waals surface area contributed by atoms with Crippen molar-refractivity contribution in [2.45, 2.75) is 19.4 Å². The Morgan fingerprint density at radius 3 is 2.83 bits per heavy atom. The summed E-state index contributed by atoms with van der Waals surface area (Å²) in [4.78, 5) is 0. The van der Waals surface area contributed by atoms with Crippen LogP contribution in [0.1, 0.15) is 23.0 Å². The summed E-state index contributed by atoms with van der Waals surface area (Å²) >= 11 is 10.3. The Morgan fingerprint density at radius 1 is 1.67 bits per heavy atom. The van der Waals surface area contributed by atoms with Gasteiger partial charge in [-0.2, -0.15) is 5.10 Å². The molecule has 0 bridgehead atoms. The van der Waals surface area contributed by atoms with Crippen molar-refractivity contribution < 1.29 is 0 Å². The molecule has 0 aliphatic rings. The van der Waals surface area contributed by atoms with Crippen LogP contribution in [0.25, 0.3) is 0 Å². The molecule has 2 heterocycles. The number of halogens is 2. The van der Waals surface area contributed by atoms with E-state index in [2.05, 4.69) is 44.6 Å². The molecule has 0 aliphatic heterocycles. The van der Waals surface area contributed by atoms with Gasteiger partial charge in [-0.3, -0.25) is 16.0 Å². The van der Waals surface area contributed by atoms with Crippen molar-refractivity contribution in [2.75, 3.05) is 0 Å². The molecule has 0 saturated heterocycles. The van der Waals surface area contributed by atoms with E-state index >= 15 is 0 Å². The van der Waals surface area contributed by atoms with Crippen molar-refractivity contribution in [3.63, 3.8) is 0 Å². The van der Waals surface area contributed by atoms with Crippen LogP contribution in [0, 0.1) is 9.81 Å². The highest BCUT2D eigenvalue weighted by Gasteiger charge is 2.18. The topological polar surface area (TPSA) is 55.9 Å². The lowest BCUT2D eigenvalue weighted by Gasteiger charge is -2.15. The van der Waals surface area contributed by atoms with Gasteiger partial charge in [-0.05, 0) is 46.5 Å². The summed E-state index contributed by atoms with van der Waals surface area (Å²) in [5, 5.41) is 7.15. The van der Waals surface area contributed by atoms with Gasteiger partial charge in [0.15, 0.2) is 0 Å². The summed E-state index contributed by atoms with van der Waals surface area (Å²) in [6.45, 7) is 1.91. The Labute approximate surface area is 129 Å². The third-order valence-electron chi connectivity index (χ3n) is 2.85. The standard InChI is InChI=1S/C11H14ClIN4S/c1-6-11(12)9(17(2)16-6)4-8(15-14)7-3-10(13)18-5-7/h3,5,8,15H,4,14H2,1-2H3. The van der Waals surface area contributed by atoms with Crippen LogP contribution in [-0.2, 0) is 13.5 Å². The second-order valence-corrected chi connectivity index (χ2v) is 7.26. The Bertz CT molecular complexity index is 551. The number of nitrogens with two attached hydrogens (primary N) is 1. The first kappa shape index (κ1) is 14.3. The number of thiophene rings is 1. The average Bonchev–Trinajstić information content (AvgIpc) is 2.84. The molecule has 0 amide bonds. The highest BCUT2D eigenvalue weighted by molar-refractivity contribution is 14.1. The molecule has 3 N–H and O–H groups in total. The van der Waals surface area contributed by atoms with E-state index < -0.39 is 0 Å². The predicted molar refractivity (Wildman–Crippen MR) is 83.8 cm³/mol. The molecular formula is C11H14ClIN4S. The smallest absolute Gasteiger partial charge is 0.0847 e. The van der Waals surface area contributed by atoms with E-state index in [4.69, 9.17) is 17.4 Å². The molecular weight excluding hydrogens is 383 g/mol. The Kier molecular flexibility index (Phi) is 4.65. The highest BCUT2D eigenvalue weighted by Crippen LogP contribution is 2.28. The van der Waals surface area contributed by atoms with Crippen molar-refractivity contribution in [1.82, 2.24) is 15.2 Å². The molecule has 0 radical (unpaired) electrons. The minimum Gasteiger partial charge on any atom is -0.271 e. The van der Waals surface area contributed by atoms with Crippen molar-refractivity contribution in [2.24, 2.45) is 12.9 Å². The first-order chi connectivity index (χ1) is 8.52.